The first-order chi connectivity index (χ1) is 9.97. The number of carbonyl (C=O) groups excluding carboxylic acids is 1. The molecule has 0 unspecified atom stereocenters. The van der Waals surface area contributed by atoms with Gasteiger partial charge in [0.15, 0.2) is 11.6 Å². The lowest BCUT2D eigenvalue weighted by Gasteiger charge is -2.34. The number of amides is 1. The lowest BCUT2D eigenvalue weighted by molar-refractivity contribution is -0.132. The summed E-state index contributed by atoms with van der Waals surface area (Å²) in [6, 6.07) is 3.87. The molecule has 0 saturated carbocycles. The summed E-state index contributed by atoms with van der Waals surface area (Å²) in [6.07, 6.45) is -0.126. The summed E-state index contributed by atoms with van der Waals surface area (Å²) in [5, 5.41) is 0. The smallest absolute Gasteiger partial charge is 0.227 e. The molecule has 0 atom stereocenters. The van der Waals surface area contributed by atoms with E-state index in [1.165, 1.54) is 12.1 Å². The van der Waals surface area contributed by atoms with E-state index >= 15 is 0 Å². The lowest BCUT2D eigenvalue weighted by Crippen LogP contribution is -2.50. The predicted octanol–water partition coefficient (Wildman–Crippen LogP) is 0.938. The first-order valence-corrected chi connectivity index (χ1v) is 7.09. The number of rotatable bonds is 4. The van der Waals surface area contributed by atoms with E-state index in [0.29, 0.717) is 37.7 Å². The second kappa shape index (κ2) is 6.91. The average Bonchev–Trinajstić information content (AvgIpc) is 2.44. The van der Waals surface area contributed by atoms with Crippen LogP contribution in [0.4, 0.5) is 8.78 Å². The largest absolute Gasteiger partial charge is 0.392 e. The zero-order chi connectivity index (χ0) is 15.4. The van der Waals surface area contributed by atoms with E-state index in [9.17, 15) is 13.6 Å². The minimum absolute atomic E-state index is 0.0885. The molecule has 0 bridgehead atoms. The van der Waals surface area contributed by atoms with E-state index in [4.69, 9.17) is 18.0 Å². The molecule has 21 heavy (non-hydrogen) atoms. The van der Waals surface area contributed by atoms with Gasteiger partial charge < -0.3 is 10.6 Å². The maximum atomic E-state index is 13.6. The van der Waals surface area contributed by atoms with E-state index in [1.807, 2.05) is 0 Å². The number of piperazine rings is 1. The molecule has 1 amide bonds. The third-order valence-corrected chi connectivity index (χ3v) is 3.61. The molecule has 1 heterocycles. The van der Waals surface area contributed by atoms with Crippen LogP contribution in [0.5, 0.6) is 0 Å². The summed E-state index contributed by atoms with van der Waals surface area (Å²) in [5.41, 5.74) is 5.57. The topological polar surface area (TPSA) is 49.6 Å². The summed E-state index contributed by atoms with van der Waals surface area (Å²) in [7, 11) is 0. The van der Waals surface area contributed by atoms with Crippen LogP contribution in [0.2, 0.25) is 0 Å². The van der Waals surface area contributed by atoms with E-state index in [2.05, 4.69) is 4.90 Å². The van der Waals surface area contributed by atoms with Gasteiger partial charge in [0.25, 0.3) is 0 Å². The van der Waals surface area contributed by atoms with Crippen molar-refractivity contribution in [1.29, 1.82) is 0 Å². The fourth-order valence-corrected chi connectivity index (χ4v) is 2.52. The molecule has 0 aliphatic carbocycles. The van der Waals surface area contributed by atoms with Crippen LogP contribution < -0.4 is 5.73 Å². The number of nitrogens with zero attached hydrogens (tertiary/aromatic N) is 2. The van der Waals surface area contributed by atoms with Gasteiger partial charge in [0.1, 0.15) is 0 Å². The number of hydrogen-bond acceptors (Lipinski definition) is 3. The van der Waals surface area contributed by atoms with E-state index in [-0.39, 0.29) is 17.9 Å². The normalized spacial score (nSPS) is 16.0. The summed E-state index contributed by atoms with van der Waals surface area (Å²) in [6.45, 7) is 2.97. The van der Waals surface area contributed by atoms with Gasteiger partial charge in [-0.05, 0) is 6.07 Å². The fraction of sp³-hybridized carbons (Fsp3) is 0.429. The van der Waals surface area contributed by atoms with Crippen molar-refractivity contribution in [2.45, 2.75) is 6.42 Å². The molecule has 0 spiro atoms. The van der Waals surface area contributed by atoms with Crippen LogP contribution >= 0.6 is 12.2 Å². The van der Waals surface area contributed by atoms with Crippen molar-refractivity contribution in [3.8, 4) is 0 Å². The molecule has 7 heteroatoms. The Morgan fingerprint density at radius 3 is 2.52 bits per heavy atom. The molecule has 2 rings (SSSR count). The van der Waals surface area contributed by atoms with Crippen LogP contribution in [0.15, 0.2) is 18.2 Å². The van der Waals surface area contributed by atoms with Gasteiger partial charge in [0.2, 0.25) is 5.91 Å². The van der Waals surface area contributed by atoms with Crippen LogP contribution in [0.3, 0.4) is 0 Å². The van der Waals surface area contributed by atoms with Gasteiger partial charge >= 0.3 is 0 Å². The zero-order valence-electron chi connectivity index (χ0n) is 11.5. The number of hydrogen-bond donors (Lipinski definition) is 1. The summed E-state index contributed by atoms with van der Waals surface area (Å²) < 4.78 is 26.7. The quantitative estimate of drug-likeness (QED) is 0.841. The SMILES string of the molecule is NC(=S)CN1CCN(C(=O)Cc2cccc(F)c2F)CC1. The Hall–Kier alpha value is -1.60. The summed E-state index contributed by atoms with van der Waals surface area (Å²) >= 11 is 4.85. The van der Waals surface area contributed by atoms with Crippen molar-refractivity contribution in [3.63, 3.8) is 0 Å². The number of thiocarbonyl (C=S) groups is 1. The Labute approximate surface area is 127 Å². The maximum Gasteiger partial charge on any atom is 0.227 e. The first-order valence-electron chi connectivity index (χ1n) is 6.68. The minimum atomic E-state index is -0.946. The van der Waals surface area contributed by atoms with Gasteiger partial charge in [-0.1, -0.05) is 24.4 Å². The standard InChI is InChI=1S/C14H17F2N3OS/c15-11-3-1-2-10(14(11)16)8-13(20)19-6-4-18(5-7-19)9-12(17)21/h1-3H,4-9H2,(H2,17,21). The monoisotopic (exact) mass is 313 g/mol. The third-order valence-electron chi connectivity index (χ3n) is 3.48. The molecule has 1 fully saturated rings. The predicted molar refractivity (Wildman–Crippen MR) is 79.9 cm³/mol. The molecule has 114 valence electrons. The van der Waals surface area contributed by atoms with Gasteiger partial charge in [0.05, 0.1) is 11.4 Å². The van der Waals surface area contributed by atoms with Crippen LogP contribution in [0.1, 0.15) is 5.56 Å². The van der Waals surface area contributed by atoms with Crippen LogP contribution in [0, 0.1) is 11.6 Å². The molecule has 0 radical (unpaired) electrons. The van der Waals surface area contributed by atoms with Crippen molar-refractivity contribution in [1.82, 2.24) is 9.80 Å². The second-order valence-electron chi connectivity index (χ2n) is 5.01. The number of carbonyl (C=O) groups is 1. The van der Waals surface area contributed by atoms with Gasteiger partial charge in [0, 0.05) is 38.3 Å². The van der Waals surface area contributed by atoms with Crippen molar-refractivity contribution in [2.24, 2.45) is 5.73 Å². The van der Waals surface area contributed by atoms with E-state index < -0.39 is 11.6 Å². The number of nitrogens with two attached hydrogens (primary N) is 1. The molecule has 1 aliphatic rings. The lowest BCUT2D eigenvalue weighted by atomic mass is 10.1. The second-order valence-corrected chi connectivity index (χ2v) is 5.54. The zero-order valence-corrected chi connectivity index (χ0v) is 12.3. The average molecular weight is 313 g/mol. The molecule has 2 N–H and O–H groups in total. The Kier molecular flexibility index (Phi) is 5.19. The Morgan fingerprint density at radius 2 is 1.90 bits per heavy atom. The van der Waals surface area contributed by atoms with Crippen molar-refractivity contribution in [3.05, 3.63) is 35.4 Å². The molecule has 0 aromatic heterocycles. The van der Waals surface area contributed by atoms with E-state index in [0.717, 1.165) is 6.07 Å². The Bertz CT molecular complexity index is 545. The van der Waals surface area contributed by atoms with Gasteiger partial charge in [-0.2, -0.15) is 0 Å². The third kappa shape index (κ3) is 4.18. The molecule has 1 aliphatic heterocycles. The van der Waals surface area contributed by atoms with Crippen molar-refractivity contribution >= 4 is 23.1 Å². The first kappa shape index (κ1) is 15.8. The summed E-state index contributed by atoms with van der Waals surface area (Å²) in [4.78, 5) is 16.3. The van der Waals surface area contributed by atoms with Crippen molar-refractivity contribution < 1.29 is 13.6 Å². The van der Waals surface area contributed by atoms with Gasteiger partial charge in [-0.3, -0.25) is 9.69 Å². The molecular formula is C14H17F2N3OS. The van der Waals surface area contributed by atoms with E-state index in [1.54, 1.807) is 4.90 Å². The number of benzene rings is 1. The minimum Gasteiger partial charge on any atom is -0.392 e. The van der Waals surface area contributed by atoms with Crippen LogP contribution in [-0.2, 0) is 11.2 Å². The summed E-state index contributed by atoms with van der Waals surface area (Å²) in [5.74, 6) is -2.07. The van der Waals surface area contributed by atoms with Crippen LogP contribution in [0.25, 0.3) is 0 Å². The molecule has 1 aromatic rings. The highest BCUT2D eigenvalue weighted by Crippen LogP contribution is 2.13. The van der Waals surface area contributed by atoms with Gasteiger partial charge in [-0.15, -0.1) is 0 Å². The molecule has 1 aromatic carbocycles. The molecular weight excluding hydrogens is 296 g/mol. The van der Waals surface area contributed by atoms with Gasteiger partial charge in [-0.25, -0.2) is 8.78 Å². The molecule has 4 nitrogen and oxygen atoms in total. The van der Waals surface area contributed by atoms with Crippen LogP contribution in [-0.4, -0.2) is 53.4 Å². The van der Waals surface area contributed by atoms with Crippen molar-refractivity contribution in [2.75, 3.05) is 32.7 Å². The highest BCUT2D eigenvalue weighted by atomic mass is 32.1. The highest BCUT2D eigenvalue weighted by Gasteiger charge is 2.22. The molecule has 1 saturated heterocycles. The Morgan fingerprint density at radius 1 is 1.24 bits per heavy atom. The Balaban J connectivity index is 1.90. The number of halogens is 2. The maximum absolute atomic E-state index is 13.6. The highest BCUT2D eigenvalue weighted by molar-refractivity contribution is 7.80. The fourth-order valence-electron chi connectivity index (χ4n) is 2.34.